The van der Waals surface area contributed by atoms with Gasteiger partial charge in [-0.3, -0.25) is 0 Å². The van der Waals surface area contributed by atoms with Gasteiger partial charge in [0.1, 0.15) is 0 Å². The van der Waals surface area contributed by atoms with E-state index in [0.29, 0.717) is 11.3 Å². The molecule has 0 heterocycles. The smallest absolute Gasteiger partial charge is 0.0372 e. The predicted molar refractivity (Wildman–Crippen MR) is 68.0 cm³/mol. The lowest BCUT2D eigenvalue weighted by molar-refractivity contribution is 0.147. The van der Waals surface area contributed by atoms with E-state index >= 15 is 0 Å². The second kappa shape index (κ2) is 5.26. The summed E-state index contributed by atoms with van der Waals surface area (Å²) in [4.78, 5) is 0. The van der Waals surface area contributed by atoms with E-state index in [0.717, 1.165) is 12.3 Å². The van der Waals surface area contributed by atoms with E-state index < -0.39 is 0 Å². The molecule has 1 fully saturated rings. The second-order valence-electron chi connectivity index (χ2n) is 5.63. The summed E-state index contributed by atoms with van der Waals surface area (Å²) in [6.45, 7) is 8.85. The Morgan fingerprint density at radius 2 is 2.00 bits per heavy atom. The molecule has 1 saturated carbocycles. The third-order valence-corrected chi connectivity index (χ3v) is 4.24. The van der Waals surface area contributed by atoms with Crippen LogP contribution in [0.15, 0.2) is 0 Å². The monoisotopic (exact) mass is 226 g/mol. The van der Waals surface area contributed by atoms with Gasteiger partial charge in [-0.05, 0) is 37.0 Å². The van der Waals surface area contributed by atoms with Gasteiger partial charge in [0, 0.05) is 11.8 Å². The molecule has 0 nitrogen and oxygen atoms in total. The molecule has 0 N–H and O–H groups in total. The van der Waals surface area contributed by atoms with E-state index in [1.165, 1.54) is 19.3 Å². The lowest BCUT2D eigenvalue weighted by atomic mass is 9.67. The molecule has 3 atom stereocenters. The van der Waals surface area contributed by atoms with E-state index in [2.05, 4.69) is 32.6 Å². The van der Waals surface area contributed by atoms with E-state index in [-0.39, 0.29) is 5.41 Å². The van der Waals surface area contributed by atoms with Crippen molar-refractivity contribution in [2.75, 3.05) is 0 Å². The van der Waals surface area contributed by atoms with Crippen LogP contribution in [0.4, 0.5) is 0 Å². The summed E-state index contributed by atoms with van der Waals surface area (Å²) in [5, 5.41) is 0.349. The Balaban J connectivity index is 2.64. The van der Waals surface area contributed by atoms with Crippen molar-refractivity contribution in [1.29, 1.82) is 0 Å². The second-order valence-corrected chi connectivity index (χ2v) is 6.19. The normalized spacial score (nSPS) is 31.9. The van der Waals surface area contributed by atoms with Gasteiger partial charge in [-0.15, -0.1) is 23.4 Å². The first kappa shape index (κ1) is 12.9. The maximum Gasteiger partial charge on any atom is 0.0372 e. The summed E-state index contributed by atoms with van der Waals surface area (Å²) < 4.78 is 0. The van der Waals surface area contributed by atoms with E-state index in [1.807, 2.05) is 6.92 Å². The van der Waals surface area contributed by atoms with Crippen LogP contribution in [-0.4, -0.2) is 5.38 Å². The number of alkyl halides is 1. The molecule has 0 aromatic heterocycles. The molecule has 0 spiro atoms. The predicted octanol–water partition coefficient (Wildman–Crippen LogP) is 4.47. The van der Waals surface area contributed by atoms with Crippen LogP contribution in [0.1, 0.15) is 53.4 Å². The maximum atomic E-state index is 6.49. The zero-order valence-electron chi connectivity index (χ0n) is 10.4. The highest BCUT2D eigenvalue weighted by Crippen LogP contribution is 2.44. The number of hydrogen-bond acceptors (Lipinski definition) is 0. The standard InChI is InChI=1S/C14H23Cl/c1-5-6-9-14(3,4)12-8-7-11(2)10-13(12)15/h11-13H,7-10H2,1-4H3. The molecule has 1 heteroatoms. The van der Waals surface area contributed by atoms with Crippen LogP contribution in [0.25, 0.3) is 0 Å². The summed E-state index contributed by atoms with van der Waals surface area (Å²) in [5.41, 5.74) is 0.273. The molecular weight excluding hydrogens is 204 g/mol. The fourth-order valence-electron chi connectivity index (χ4n) is 2.64. The number of halogens is 1. The molecule has 0 radical (unpaired) electrons. The first-order chi connectivity index (χ1) is 6.97. The van der Waals surface area contributed by atoms with Crippen molar-refractivity contribution < 1.29 is 0 Å². The number of hydrogen-bond donors (Lipinski definition) is 0. The third kappa shape index (κ3) is 3.42. The van der Waals surface area contributed by atoms with Crippen LogP contribution in [0.3, 0.4) is 0 Å². The Morgan fingerprint density at radius 1 is 1.33 bits per heavy atom. The van der Waals surface area contributed by atoms with Gasteiger partial charge < -0.3 is 0 Å². The zero-order chi connectivity index (χ0) is 11.5. The molecule has 0 bridgehead atoms. The Labute approximate surface area is 99.8 Å². The highest BCUT2D eigenvalue weighted by molar-refractivity contribution is 6.20. The van der Waals surface area contributed by atoms with E-state index in [4.69, 9.17) is 11.6 Å². The van der Waals surface area contributed by atoms with E-state index in [9.17, 15) is 0 Å². The molecule has 15 heavy (non-hydrogen) atoms. The van der Waals surface area contributed by atoms with Crippen molar-refractivity contribution in [1.82, 2.24) is 0 Å². The van der Waals surface area contributed by atoms with Gasteiger partial charge in [-0.25, -0.2) is 0 Å². The van der Waals surface area contributed by atoms with Crippen LogP contribution in [0.2, 0.25) is 0 Å². The van der Waals surface area contributed by atoms with Crippen molar-refractivity contribution in [2.24, 2.45) is 17.3 Å². The van der Waals surface area contributed by atoms with Gasteiger partial charge in [-0.2, -0.15) is 0 Å². The average molecular weight is 227 g/mol. The van der Waals surface area contributed by atoms with Gasteiger partial charge in [0.15, 0.2) is 0 Å². The molecule has 86 valence electrons. The van der Waals surface area contributed by atoms with Gasteiger partial charge >= 0.3 is 0 Å². The molecule has 1 rings (SSSR count). The molecule has 0 aromatic carbocycles. The summed E-state index contributed by atoms with van der Waals surface area (Å²) >= 11 is 6.49. The lowest BCUT2D eigenvalue weighted by Crippen LogP contribution is -2.35. The zero-order valence-corrected chi connectivity index (χ0v) is 11.2. The maximum absolute atomic E-state index is 6.49. The molecule has 0 saturated heterocycles. The van der Waals surface area contributed by atoms with Crippen LogP contribution in [0, 0.1) is 29.1 Å². The minimum absolute atomic E-state index is 0.273. The Kier molecular flexibility index (Phi) is 4.53. The summed E-state index contributed by atoms with van der Waals surface area (Å²) in [5.74, 6) is 7.64. The summed E-state index contributed by atoms with van der Waals surface area (Å²) in [6, 6.07) is 0. The minimum Gasteiger partial charge on any atom is -0.123 e. The van der Waals surface area contributed by atoms with Gasteiger partial charge in [-0.1, -0.05) is 27.2 Å². The topological polar surface area (TPSA) is 0 Å². The van der Waals surface area contributed by atoms with Crippen molar-refractivity contribution in [3.05, 3.63) is 0 Å². The highest BCUT2D eigenvalue weighted by atomic mass is 35.5. The SMILES string of the molecule is CC#CCC(C)(C)C1CCC(C)CC1Cl. The largest absolute Gasteiger partial charge is 0.123 e. The molecular formula is C14H23Cl. The van der Waals surface area contributed by atoms with Gasteiger partial charge in [0.2, 0.25) is 0 Å². The van der Waals surface area contributed by atoms with Crippen molar-refractivity contribution in [3.63, 3.8) is 0 Å². The minimum atomic E-state index is 0.273. The van der Waals surface area contributed by atoms with Crippen LogP contribution >= 0.6 is 11.6 Å². The fourth-order valence-corrected chi connectivity index (χ4v) is 3.41. The van der Waals surface area contributed by atoms with E-state index in [1.54, 1.807) is 0 Å². The molecule has 1 aliphatic carbocycles. The Bertz CT molecular complexity index is 256. The van der Waals surface area contributed by atoms with Crippen molar-refractivity contribution in [2.45, 2.75) is 58.8 Å². The van der Waals surface area contributed by atoms with Gasteiger partial charge in [0.05, 0.1) is 0 Å². The fraction of sp³-hybridized carbons (Fsp3) is 0.857. The third-order valence-electron chi connectivity index (χ3n) is 3.76. The van der Waals surface area contributed by atoms with Crippen LogP contribution < -0.4 is 0 Å². The average Bonchev–Trinajstić information content (AvgIpc) is 2.14. The molecule has 0 amide bonds. The van der Waals surface area contributed by atoms with Gasteiger partial charge in [0.25, 0.3) is 0 Å². The lowest BCUT2D eigenvalue weighted by Gasteiger charge is -2.41. The summed E-state index contributed by atoms with van der Waals surface area (Å²) in [6.07, 6.45) is 4.76. The first-order valence-electron chi connectivity index (χ1n) is 6.01. The molecule has 0 aliphatic heterocycles. The first-order valence-corrected chi connectivity index (χ1v) is 6.44. The highest BCUT2D eigenvalue weighted by Gasteiger charge is 2.37. The molecule has 0 aromatic rings. The van der Waals surface area contributed by atoms with Crippen molar-refractivity contribution in [3.8, 4) is 11.8 Å². The van der Waals surface area contributed by atoms with Crippen LogP contribution in [-0.2, 0) is 0 Å². The number of rotatable bonds is 2. The Morgan fingerprint density at radius 3 is 2.53 bits per heavy atom. The summed E-state index contributed by atoms with van der Waals surface area (Å²) in [7, 11) is 0. The van der Waals surface area contributed by atoms with Crippen LogP contribution in [0.5, 0.6) is 0 Å². The van der Waals surface area contributed by atoms with Crippen molar-refractivity contribution >= 4 is 11.6 Å². The Hall–Kier alpha value is -0.150. The molecule has 1 aliphatic rings. The quantitative estimate of drug-likeness (QED) is 0.482. The molecule has 3 unspecified atom stereocenters.